The molecular weight excluding hydrogens is 1070 g/mol. The third-order valence-electron chi connectivity index (χ3n) is 14.5. The van der Waals surface area contributed by atoms with Crippen molar-refractivity contribution in [1.82, 2.24) is 20.3 Å². The molecule has 4 heterocycles. The number of hydrogen-bond acceptors (Lipinski definition) is 14. The first-order chi connectivity index (χ1) is 40.7. The Balaban J connectivity index is 0.000000174. The van der Waals surface area contributed by atoms with E-state index < -0.39 is 11.9 Å². The SMILES string of the molecule is CN(C)c1ccc(C=O)cn1.COc1ccc2c(c1)C(CC(=O)NCc1ccco1)=C(C)/C2=C/c1ccc(N(C)C)nc1.COc1ccc2c(c1)C(CC(=O)O)=C(C)/C2=C/c1ccc(N(C)C)nc1.COc1ccc2c(c1)C(CC(=O)O)=C(C)C2. The fourth-order valence-corrected chi connectivity index (χ4v) is 9.90. The standard InChI is InChI=1S/C26H27N3O3.C21H22N2O3.C13H14O3.C8H10N2O/c1-17-22(12-18-7-10-25(27-15-18)29(2)3)21-9-8-19(31-4)13-24(21)23(17)14-26(30)28-16-20-6-5-11-32-20;1-13-17(9-14-5-8-20(22-12-14)23(2)3)16-7-6-15(26-4)10-19(16)18(13)11-21(24)25;1-8-5-9-3-4-10(16-2)6-12(9)11(8)7-13(14)15;1-10(2)8-4-3-7(6-11)5-9-8/h5-13,15H,14,16H2,1-4H3,(H,28,30);5-10,12H,11H2,1-4H3,(H,24,25);3-4,6H,5,7H2,1-2H3,(H,14,15);3-6H,1-2H3/b22-12-;17-9-;;. The van der Waals surface area contributed by atoms with Crippen LogP contribution in [0.5, 0.6) is 17.2 Å². The van der Waals surface area contributed by atoms with Crippen LogP contribution >= 0.6 is 0 Å². The van der Waals surface area contributed by atoms with Crippen LogP contribution in [0, 0.1) is 0 Å². The number of carboxylic acids is 2. The summed E-state index contributed by atoms with van der Waals surface area (Å²) >= 11 is 0. The Bertz CT molecular complexity index is 3710. The van der Waals surface area contributed by atoms with Gasteiger partial charge >= 0.3 is 11.9 Å². The maximum atomic E-state index is 12.7. The van der Waals surface area contributed by atoms with Crippen molar-refractivity contribution in [2.45, 2.75) is 53.0 Å². The average Bonchev–Trinajstić information content (AvgIpc) is 1.88. The van der Waals surface area contributed by atoms with E-state index in [1.165, 1.54) is 5.56 Å². The average molecular weight is 1150 g/mol. The number of methoxy groups -OCH3 is 3. The van der Waals surface area contributed by atoms with E-state index in [0.717, 1.165) is 137 Å². The summed E-state index contributed by atoms with van der Waals surface area (Å²) in [5.41, 5.74) is 17.0. The molecule has 0 fully saturated rings. The molecule has 17 heteroatoms. The Labute approximate surface area is 496 Å². The van der Waals surface area contributed by atoms with Gasteiger partial charge in [0, 0.05) is 66.4 Å². The van der Waals surface area contributed by atoms with Gasteiger partial charge in [-0.1, -0.05) is 23.8 Å². The minimum Gasteiger partial charge on any atom is -0.497 e. The van der Waals surface area contributed by atoms with Crippen LogP contribution in [0.1, 0.15) is 101 Å². The Morgan fingerprint density at radius 2 is 0.988 bits per heavy atom. The summed E-state index contributed by atoms with van der Waals surface area (Å²) in [6.07, 6.45) is 13.0. The van der Waals surface area contributed by atoms with Crippen LogP contribution in [0.15, 0.2) is 149 Å². The zero-order valence-corrected chi connectivity index (χ0v) is 50.2. The number of aldehydes is 1. The number of carbonyl (C=O) groups is 4. The molecule has 3 aliphatic carbocycles. The number of rotatable bonds is 17. The third kappa shape index (κ3) is 16.0. The van der Waals surface area contributed by atoms with Crippen molar-refractivity contribution < 1.29 is 48.0 Å². The van der Waals surface area contributed by atoms with Gasteiger partial charge in [0.25, 0.3) is 0 Å². The van der Waals surface area contributed by atoms with E-state index in [4.69, 9.17) is 23.7 Å². The summed E-state index contributed by atoms with van der Waals surface area (Å²) in [6, 6.07) is 32.9. The number of ether oxygens (including phenoxy) is 3. The van der Waals surface area contributed by atoms with E-state index in [9.17, 15) is 24.3 Å². The molecule has 17 nitrogen and oxygen atoms in total. The van der Waals surface area contributed by atoms with Gasteiger partial charge < -0.3 is 48.9 Å². The van der Waals surface area contributed by atoms with Crippen LogP contribution in [0.4, 0.5) is 17.5 Å². The molecule has 10 rings (SSSR count). The number of pyridine rings is 3. The number of aliphatic carboxylic acids is 2. The quantitative estimate of drug-likeness (QED) is 0.0724. The van der Waals surface area contributed by atoms with Crippen LogP contribution in [0.3, 0.4) is 0 Å². The van der Waals surface area contributed by atoms with Gasteiger partial charge in [-0.2, -0.15) is 0 Å². The van der Waals surface area contributed by atoms with Gasteiger partial charge in [0.05, 0.1) is 53.4 Å². The van der Waals surface area contributed by atoms with Gasteiger partial charge in [0.1, 0.15) is 40.5 Å². The minimum atomic E-state index is -0.841. The number of fused-ring (bicyclic) bond motifs is 3. The number of amides is 1. The summed E-state index contributed by atoms with van der Waals surface area (Å²) in [6.45, 7) is 6.40. The maximum absolute atomic E-state index is 12.7. The molecule has 440 valence electrons. The Morgan fingerprint density at radius 3 is 1.39 bits per heavy atom. The molecule has 85 heavy (non-hydrogen) atoms. The van der Waals surface area contributed by atoms with Gasteiger partial charge in [-0.3, -0.25) is 19.2 Å². The predicted octanol–water partition coefficient (Wildman–Crippen LogP) is 12.2. The number of anilines is 3. The van der Waals surface area contributed by atoms with E-state index in [-0.39, 0.29) is 25.2 Å². The molecule has 0 spiro atoms. The highest BCUT2D eigenvalue weighted by Crippen LogP contribution is 2.46. The molecule has 0 saturated heterocycles. The second-order valence-corrected chi connectivity index (χ2v) is 20.9. The van der Waals surface area contributed by atoms with E-state index in [1.807, 2.05) is 168 Å². The van der Waals surface area contributed by atoms with E-state index in [0.29, 0.717) is 12.1 Å². The summed E-state index contributed by atoms with van der Waals surface area (Å²) in [5, 5.41) is 21.1. The fraction of sp³-hybridized carbons (Fsp3) is 0.250. The van der Waals surface area contributed by atoms with Crippen molar-refractivity contribution in [2.75, 3.05) is 78.3 Å². The smallest absolute Gasteiger partial charge is 0.307 e. The number of carboxylic acid groups (broad SMARTS) is 2. The number of hydrogen-bond donors (Lipinski definition) is 3. The molecule has 0 unspecified atom stereocenters. The van der Waals surface area contributed by atoms with Crippen molar-refractivity contribution in [3.63, 3.8) is 0 Å². The lowest BCUT2D eigenvalue weighted by Crippen LogP contribution is -2.22. The lowest BCUT2D eigenvalue weighted by Gasteiger charge is -2.11. The molecule has 0 bridgehead atoms. The van der Waals surface area contributed by atoms with Crippen LogP contribution in [-0.2, 0) is 27.3 Å². The van der Waals surface area contributed by atoms with Gasteiger partial charge in [0.15, 0.2) is 6.29 Å². The predicted molar refractivity (Wildman–Crippen MR) is 337 cm³/mol. The minimum absolute atomic E-state index is 0.0127. The summed E-state index contributed by atoms with van der Waals surface area (Å²) in [7, 11) is 16.5. The highest BCUT2D eigenvalue weighted by Gasteiger charge is 2.28. The number of benzene rings is 3. The number of allylic oxidation sites excluding steroid dienone is 5. The van der Waals surface area contributed by atoms with E-state index >= 15 is 0 Å². The Kier molecular flexibility index (Phi) is 21.2. The van der Waals surface area contributed by atoms with Crippen molar-refractivity contribution in [2.24, 2.45) is 0 Å². The molecule has 3 N–H and O–H groups in total. The Morgan fingerprint density at radius 1 is 0.553 bits per heavy atom. The number of nitrogens with one attached hydrogen (secondary N) is 1. The summed E-state index contributed by atoms with van der Waals surface area (Å²) in [4.78, 5) is 63.9. The van der Waals surface area contributed by atoms with Gasteiger partial charge in [0.2, 0.25) is 5.91 Å². The second kappa shape index (κ2) is 28.8. The van der Waals surface area contributed by atoms with Gasteiger partial charge in [-0.05, 0) is 208 Å². The highest BCUT2D eigenvalue weighted by molar-refractivity contribution is 6.09. The highest BCUT2D eigenvalue weighted by atomic mass is 16.5. The zero-order valence-electron chi connectivity index (χ0n) is 50.2. The van der Waals surface area contributed by atoms with Crippen molar-refractivity contribution >= 4 is 81.6 Å². The van der Waals surface area contributed by atoms with E-state index in [1.54, 1.807) is 39.9 Å². The lowest BCUT2D eigenvalue weighted by atomic mass is 10.0. The summed E-state index contributed by atoms with van der Waals surface area (Å²) < 4.78 is 21.2. The van der Waals surface area contributed by atoms with Crippen molar-refractivity contribution in [3.05, 3.63) is 201 Å². The first-order valence-corrected chi connectivity index (χ1v) is 27.4. The Hall–Kier alpha value is -10.0. The van der Waals surface area contributed by atoms with Crippen molar-refractivity contribution in [1.29, 1.82) is 0 Å². The molecule has 0 saturated carbocycles. The largest absolute Gasteiger partial charge is 0.497 e. The molecular formula is C68H73N7O10. The number of nitrogens with zero attached hydrogens (tertiary/aromatic N) is 6. The molecule has 7 aromatic rings. The van der Waals surface area contributed by atoms with Crippen LogP contribution in [0.2, 0.25) is 0 Å². The number of aromatic nitrogens is 3. The molecule has 0 aliphatic heterocycles. The molecule has 3 aromatic carbocycles. The second-order valence-electron chi connectivity index (χ2n) is 20.9. The fourth-order valence-electron chi connectivity index (χ4n) is 9.90. The lowest BCUT2D eigenvalue weighted by molar-refractivity contribution is -0.136. The van der Waals surface area contributed by atoms with E-state index in [2.05, 4.69) is 51.5 Å². The third-order valence-corrected chi connectivity index (χ3v) is 14.5. The zero-order chi connectivity index (χ0) is 61.5. The van der Waals surface area contributed by atoms with Crippen molar-refractivity contribution in [3.8, 4) is 17.2 Å². The monoisotopic (exact) mass is 1150 g/mol. The first-order valence-electron chi connectivity index (χ1n) is 27.4. The normalized spacial score (nSPS) is 13.5. The maximum Gasteiger partial charge on any atom is 0.307 e. The topological polar surface area (TPSA) is 210 Å². The number of furan rings is 1. The molecule has 0 atom stereocenters. The molecule has 4 aromatic heterocycles. The summed E-state index contributed by atoms with van der Waals surface area (Å²) in [5.74, 6) is 3.96. The van der Waals surface area contributed by atoms with Gasteiger partial charge in [-0.25, -0.2) is 15.0 Å². The van der Waals surface area contributed by atoms with Crippen LogP contribution in [-0.4, -0.2) is 113 Å². The molecule has 1 amide bonds. The van der Waals surface area contributed by atoms with Crippen LogP contribution in [0.25, 0.3) is 40.0 Å². The number of carbonyl (C=O) groups excluding carboxylic acids is 2. The molecule has 0 radical (unpaired) electrons. The first kappa shape index (κ1) is 62.6. The van der Waals surface area contributed by atoms with Gasteiger partial charge in [-0.15, -0.1) is 0 Å². The molecule has 3 aliphatic rings. The van der Waals surface area contributed by atoms with Crippen LogP contribution < -0.4 is 34.2 Å².